The summed E-state index contributed by atoms with van der Waals surface area (Å²) in [6, 6.07) is 0.989. The lowest BCUT2D eigenvalue weighted by Gasteiger charge is -2.10. The number of aromatic nitrogens is 2. The normalized spacial score (nSPS) is 12.2. The van der Waals surface area contributed by atoms with Gasteiger partial charge < -0.3 is 9.47 Å². The Bertz CT molecular complexity index is 785. The quantitative estimate of drug-likeness (QED) is 0.474. The summed E-state index contributed by atoms with van der Waals surface area (Å²) in [6.07, 6.45) is -0.627. The molecule has 0 radical (unpaired) electrons. The summed E-state index contributed by atoms with van der Waals surface area (Å²) in [4.78, 5) is 20.0. The Balaban J connectivity index is 2.44. The van der Waals surface area contributed by atoms with Crippen LogP contribution in [0.15, 0.2) is 24.7 Å². The number of carbonyl (C=O) groups excluding carboxylic acids is 1. The molecule has 0 bridgehead atoms. The van der Waals surface area contributed by atoms with Gasteiger partial charge in [0.15, 0.2) is 0 Å². The SMILES string of the molecule is COC=C(C(=O)OC)c1cnc(-c2cnc(C)c(C(F)(F)F)c2)s1. The number of ether oxygens (including phenoxy) is 2. The minimum atomic E-state index is -4.50. The van der Waals surface area contributed by atoms with Gasteiger partial charge in [0.2, 0.25) is 0 Å². The third-order valence-electron chi connectivity index (χ3n) is 3.05. The van der Waals surface area contributed by atoms with E-state index in [1.807, 2.05) is 0 Å². The van der Waals surface area contributed by atoms with E-state index in [2.05, 4.69) is 14.7 Å². The molecule has 128 valence electrons. The zero-order valence-corrected chi connectivity index (χ0v) is 13.8. The standard InChI is InChI=1S/C15H13F3N2O3S/c1-8-11(15(16,17)18)4-9(5-19-8)13-20-6-12(24-13)10(7-22-2)14(21)23-3/h4-7H,1-3H3. The predicted molar refractivity (Wildman–Crippen MR) is 82.1 cm³/mol. The van der Waals surface area contributed by atoms with E-state index in [0.29, 0.717) is 9.88 Å². The fourth-order valence-corrected chi connectivity index (χ4v) is 2.79. The summed E-state index contributed by atoms with van der Waals surface area (Å²) in [5.74, 6) is -0.634. The van der Waals surface area contributed by atoms with Crippen molar-refractivity contribution in [3.05, 3.63) is 40.9 Å². The van der Waals surface area contributed by atoms with E-state index in [1.165, 1.54) is 39.8 Å². The first kappa shape index (κ1) is 17.9. The van der Waals surface area contributed by atoms with Crippen molar-refractivity contribution in [3.8, 4) is 10.6 Å². The highest BCUT2D eigenvalue weighted by Gasteiger charge is 2.33. The molecule has 2 rings (SSSR count). The number of pyridine rings is 1. The molecule has 0 aliphatic heterocycles. The lowest BCUT2D eigenvalue weighted by molar-refractivity contribution is -0.138. The van der Waals surface area contributed by atoms with E-state index in [4.69, 9.17) is 4.74 Å². The number of hydrogen-bond donors (Lipinski definition) is 0. The molecule has 9 heteroatoms. The van der Waals surface area contributed by atoms with Gasteiger partial charge in [0.1, 0.15) is 10.6 Å². The Morgan fingerprint density at radius 1 is 1.25 bits per heavy atom. The van der Waals surface area contributed by atoms with Gasteiger partial charge in [-0.1, -0.05) is 0 Å². The number of methoxy groups -OCH3 is 2. The first-order chi connectivity index (χ1) is 11.3. The van der Waals surface area contributed by atoms with Gasteiger partial charge in [0.05, 0.1) is 30.9 Å². The van der Waals surface area contributed by atoms with Crippen LogP contribution in [0.1, 0.15) is 16.1 Å². The zero-order valence-electron chi connectivity index (χ0n) is 13.0. The van der Waals surface area contributed by atoms with Crippen molar-refractivity contribution >= 4 is 22.9 Å². The molecule has 0 amide bonds. The van der Waals surface area contributed by atoms with Crippen LogP contribution in [0.5, 0.6) is 0 Å². The number of carbonyl (C=O) groups is 1. The predicted octanol–water partition coefficient (Wildman–Crippen LogP) is 3.69. The van der Waals surface area contributed by atoms with Crippen molar-refractivity contribution in [1.82, 2.24) is 9.97 Å². The molecule has 0 atom stereocenters. The molecule has 0 fully saturated rings. The minimum Gasteiger partial charge on any atom is -0.503 e. The fraction of sp³-hybridized carbons (Fsp3) is 0.267. The van der Waals surface area contributed by atoms with Crippen LogP contribution in [0.3, 0.4) is 0 Å². The average Bonchev–Trinajstić information content (AvgIpc) is 3.00. The number of esters is 1. The number of hydrogen-bond acceptors (Lipinski definition) is 6. The molecular formula is C15H13F3N2O3S. The monoisotopic (exact) mass is 358 g/mol. The maximum absolute atomic E-state index is 13.0. The second kappa shape index (κ2) is 7.00. The van der Waals surface area contributed by atoms with Gasteiger partial charge in [-0.2, -0.15) is 13.2 Å². The fourth-order valence-electron chi connectivity index (χ4n) is 1.90. The van der Waals surface area contributed by atoms with Crippen molar-refractivity contribution < 1.29 is 27.4 Å². The summed E-state index contributed by atoms with van der Waals surface area (Å²) in [6.45, 7) is 1.29. The summed E-state index contributed by atoms with van der Waals surface area (Å²) in [7, 11) is 2.58. The maximum Gasteiger partial charge on any atom is 0.418 e. The summed E-state index contributed by atoms with van der Waals surface area (Å²) in [5.41, 5.74) is -0.597. The number of alkyl halides is 3. The number of nitrogens with zero attached hydrogens (tertiary/aromatic N) is 2. The van der Waals surface area contributed by atoms with Crippen molar-refractivity contribution in [1.29, 1.82) is 0 Å². The summed E-state index contributed by atoms with van der Waals surface area (Å²) in [5, 5.41) is 0.300. The smallest absolute Gasteiger partial charge is 0.418 e. The summed E-state index contributed by atoms with van der Waals surface area (Å²) >= 11 is 1.04. The Labute approximate surface area is 139 Å². The molecule has 24 heavy (non-hydrogen) atoms. The molecule has 5 nitrogen and oxygen atoms in total. The van der Waals surface area contributed by atoms with Gasteiger partial charge in [-0.3, -0.25) is 4.98 Å². The molecule has 0 aliphatic rings. The third-order valence-corrected chi connectivity index (χ3v) is 4.13. The van der Waals surface area contributed by atoms with Gasteiger partial charge in [-0.05, 0) is 13.0 Å². The number of halogens is 3. The molecule has 0 spiro atoms. The molecule has 0 N–H and O–H groups in total. The number of rotatable bonds is 4. The van der Waals surface area contributed by atoms with E-state index in [1.54, 1.807) is 0 Å². The van der Waals surface area contributed by atoms with Gasteiger partial charge in [-0.15, -0.1) is 11.3 Å². The Hall–Kier alpha value is -2.42. The highest BCUT2D eigenvalue weighted by Crippen LogP contribution is 2.35. The second-order valence-electron chi connectivity index (χ2n) is 4.64. The van der Waals surface area contributed by atoms with Crippen LogP contribution in [0.2, 0.25) is 0 Å². The topological polar surface area (TPSA) is 61.3 Å². The third kappa shape index (κ3) is 3.73. The second-order valence-corrected chi connectivity index (χ2v) is 5.67. The van der Waals surface area contributed by atoms with E-state index in [9.17, 15) is 18.0 Å². The van der Waals surface area contributed by atoms with Gasteiger partial charge in [0, 0.05) is 23.7 Å². The van der Waals surface area contributed by atoms with Crippen LogP contribution in [-0.4, -0.2) is 30.2 Å². The van der Waals surface area contributed by atoms with Crippen molar-refractivity contribution in [2.45, 2.75) is 13.1 Å². The first-order valence-corrected chi connectivity index (χ1v) is 7.41. The number of aryl methyl sites for hydroxylation is 1. The van der Waals surface area contributed by atoms with Crippen molar-refractivity contribution in [2.24, 2.45) is 0 Å². The van der Waals surface area contributed by atoms with Crippen LogP contribution >= 0.6 is 11.3 Å². The molecule has 2 aromatic heterocycles. The van der Waals surface area contributed by atoms with E-state index >= 15 is 0 Å². The van der Waals surface area contributed by atoms with Crippen LogP contribution < -0.4 is 0 Å². The van der Waals surface area contributed by atoms with Gasteiger partial charge in [-0.25, -0.2) is 9.78 Å². The van der Waals surface area contributed by atoms with E-state index < -0.39 is 17.7 Å². The van der Waals surface area contributed by atoms with Crippen molar-refractivity contribution in [3.63, 3.8) is 0 Å². The molecular weight excluding hydrogens is 345 g/mol. The first-order valence-electron chi connectivity index (χ1n) is 6.59. The maximum atomic E-state index is 13.0. The molecule has 2 heterocycles. The van der Waals surface area contributed by atoms with Crippen LogP contribution in [0, 0.1) is 6.92 Å². The van der Waals surface area contributed by atoms with Crippen molar-refractivity contribution in [2.75, 3.05) is 14.2 Å². The highest BCUT2D eigenvalue weighted by molar-refractivity contribution is 7.16. The van der Waals surface area contributed by atoms with Crippen LogP contribution in [0.25, 0.3) is 16.1 Å². The molecule has 0 aliphatic carbocycles. The molecule has 0 aromatic carbocycles. The van der Waals surface area contributed by atoms with Crippen LogP contribution in [0.4, 0.5) is 13.2 Å². The molecule has 0 unspecified atom stereocenters. The molecule has 2 aromatic rings. The lowest BCUT2D eigenvalue weighted by atomic mass is 10.1. The van der Waals surface area contributed by atoms with Gasteiger partial charge >= 0.3 is 12.1 Å². The van der Waals surface area contributed by atoms with E-state index in [0.717, 1.165) is 17.4 Å². The summed E-state index contributed by atoms with van der Waals surface area (Å²) < 4.78 is 48.4. The number of thiazole rings is 1. The van der Waals surface area contributed by atoms with Gasteiger partial charge in [0.25, 0.3) is 0 Å². The average molecular weight is 358 g/mol. The molecule has 0 saturated heterocycles. The minimum absolute atomic E-state index is 0.113. The van der Waals surface area contributed by atoms with E-state index in [-0.39, 0.29) is 16.8 Å². The highest BCUT2D eigenvalue weighted by atomic mass is 32.1. The lowest BCUT2D eigenvalue weighted by Crippen LogP contribution is -2.08. The Morgan fingerprint density at radius 2 is 1.96 bits per heavy atom. The van der Waals surface area contributed by atoms with Crippen LogP contribution in [-0.2, 0) is 20.4 Å². The largest absolute Gasteiger partial charge is 0.503 e. The Morgan fingerprint density at radius 3 is 2.54 bits per heavy atom. The molecule has 0 saturated carbocycles. The Kier molecular flexibility index (Phi) is 5.23. The zero-order chi connectivity index (χ0) is 17.9.